The first-order valence-corrected chi connectivity index (χ1v) is 9.92. The molecule has 1 aromatic rings. The lowest BCUT2D eigenvalue weighted by Gasteiger charge is -2.44. The van der Waals surface area contributed by atoms with E-state index in [1.807, 2.05) is 0 Å². The van der Waals surface area contributed by atoms with Crippen LogP contribution < -0.4 is 0 Å². The molecule has 0 spiro atoms. The molecule has 98 valence electrons. The Bertz CT molecular complexity index is 363. The van der Waals surface area contributed by atoms with Crippen molar-refractivity contribution in [1.82, 2.24) is 4.23 Å². The van der Waals surface area contributed by atoms with E-state index < -0.39 is 8.24 Å². The van der Waals surface area contributed by atoms with Crippen molar-refractivity contribution in [3.05, 3.63) is 21.0 Å². The predicted octanol–water partition coefficient (Wildman–Crippen LogP) is 5.77. The van der Waals surface area contributed by atoms with Gasteiger partial charge < -0.3 is 4.23 Å². The fourth-order valence-corrected chi connectivity index (χ4v) is 11.6. The van der Waals surface area contributed by atoms with Crippen LogP contribution in [0.1, 0.15) is 41.5 Å². The minimum Gasteiger partial charge on any atom is -0.364 e. The van der Waals surface area contributed by atoms with Crippen molar-refractivity contribution in [2.75, 3.05) is 0 Å². The maximum Gasteiger partial charge on any atom is 0.170 e. The number of aromatic nitrogens is 1. The molecule has 1 rings (SSSR count). The number of hydrogen-bond donors (Lipinski definition) is 0. The fraction of sp³-hybridized carbons (Fsp3) is 0.692. The normalized spacial score (nSPS) is 13.1. The first kappa shape index (κ1) is 15.6. The molecule has 4 heteroatoms. The number of rotatable bonds is 4. The monoisotopic (exact) mass is 383 g/mol. The Morgan fingerprint density at radius 1 is 1.06 bits per heavy atom. The zero-order valence-electron chi connectivity index (χ0n) is 11.6. The van der Waals surface area contributed by atoms with Gasteiger partial charge in [0.1, 0.15) is 5.15 Å². The molecule has 0 bridgehead atoms. The zero-order chi connectivity index (χ0) is 13.4. The minimum atomic E-state index is -1.65. The van der Waals surface area contributed by atoms with Crippen LogP contribution in [0.2, 0.25) is 21.8 Å². The second-order valence-electron chi connectivity index (χ2n) is 5.70. The van der Waals surface area contributed by atoms with Gasteiger partial charge in [-0.3, -0.25) is 0 Å². The highest BCUT2D eigenvalue weighted by Crippen LogP contribution is 2.44. The van der Waals surface area contributed by atoms with E-state index in [1.165, 1.54) is 3.57 Å². The minimum absolute atomic E-state index is 0.684. The van der Waals surface area contributed by atoms with E-state index in [0.717, 1.165) is 5.15 Å². The van der Waals surface area contributed by atoms with Crippen LogP contribution in [-0.4, -0.2) is 12.5 Å². The third-order valence-corrected chi connectivity index (χ3v) is 11.7. The van der Waals surface area contributed by atoms with Crippen molar-refractivity contribution in [1.29, 1.82) is 0 Å². The highest BCUT2D eigenvalue weighted by Gasteiger charge is 2.45. The first-order valence-electron chi connectivity index (χ1n) is 6.28. The lowest BCUT2D eigenvalue weighted by Crippen LogP contribution is -2.51. The molecule has 0 aliphatic heterocycles. The van der Waals surface area contributed by atoms with Crippen LogP contribution in [-0.2, 0) is 0 Å². The van der Waals surface area contributed by atoms with Gasteiger partial charge in [0.25, 0.3) is 0 Å². The van der Waals surface area contributed by atoms with E-state index in [2.05, 4.69) is 80.6 Å². The van der Waals surface area contributed by atoms with Gasteiger partial charge in [-0.2, -0.15) is 0 Å². The second kappa shape index (κ2) is 5.66. The SMILES string of the molecule is CC(C)[Si](C(C)C)(C(C)C)n1cc(I)cc1Cl. The van der Waals surface area contributed by atoms with Gasteiger partial charge in [0.2, 0.25) is 0 Å². The Morgan fingerprint density at radius 2 is 1.47 bits per heavy atom. The fourth-order valence-electron chi connectivity index (χ4n) is 3.54. The molecule has 0 aliphatic rings. The summed E-state index contributed by atoms with van der Waals surface area (Å²) in [5, 5.41) is 0.914. The van der Waals surface area contributed by atoms with E-state index >= 15 is 0 Å². The summed E-state index contributed by atoms with van der Waals surface area (Å²) in [4.78, 5) is 0. The molecule has 0 aromatic carbocycles. The smallest absolute Gasteiger partial charge is 0.170 e. The molecule has 0 fully saturated rings. The summed E-state index contributed by atoms with van der Waals surface area (Å²) < 4.78 is 3.67. The Morgan fingerprint density at radius 3 is 1.71 bits per heavy atom. The number of nitrogens with zero attached hydrogens (tertiary/aromatic N) is 1. The maximum absolute atomic E-state index is 6.45. The molecule has 1 aromatic heterocycles. The Kier molecular flexibility index (Phi) is 5.18. The van der Waals surface area contributed by atoms with Crippen LogP contribution in [0.5, 0.6) is 0 Å². The summed E-state index contributed by atoms with van der Waals surface area (Å²) in [5.41, 5.74) is 2.05. The molecule has 0 unspecified atom stereocenters. The van der Waals surface area contributed by atoms with Crippen LogP contribution in [0.4, 0.5) is 0 Å². The molecule has 0 N–H and O–H groups in total. The molecule has 1 heterocycles. The summed E-state index contributed by atoms with van der Waals surface area (Å²) >= 11 is 8.81. The van der Waals surface area contributed by atoms with Gasteiger partial charge in [-0.15, -0.1) is 0 Å². The summed E-state index contributed by atoms with van der Waals surface area (Å²) in [6, 6.07) is 2.08. The zero-order valence-corrected chi connectivity index (χ0v) is 15.5. The molecule has 0 saturated carbocycles. The van der Waals surface area contributed by atoms with Gasteiger partial charge in [0.15, 0.2) is 8.24 Å². The quantitative estimate of drug-likeness (QED) is 0.459. The van der Waals surface area contributed by atoms with Crippen molar-refractivity contribution in [3.8, 4) is 0 Å². The lowest BCUT2D eigenvalue weighted by molar-refractivity contribution is 0.765. The van der Waals surface area contributed by atoms with Gasteiger partial charge in [0, 0.05) is 9.77 Å². The predicted molar refractivity (Wildman–Crippen MR) is 88.6 cm³/mol. The van der Waals surface area contributed by atoms with Crippen molar-refractivity contribution < 1.29 is 0 Å². The largest absolute Gasteiger partial charge is 0.364 e. The van der Waals surface area contributed by atoms with Crippen molar-refractivity contribution in [2.45, 2.75) is 58.2 Å². The average Bonchev–Trinajstić information content (AvgIpc) is 2.44. The van der Waals surface area contributed by atoms with Crippen LogP contribution in [0, 0.1) is 3.57 Å². The molecule has 0 amide bonds. The van der Waals surface area contributed by atoms with E-state index in [-0.39, 0.29) is 0 Å². The van der Waals surface area contributed by atoms with Crippen LogP contribution in [0.15, 0.2) is 12.3 Å². The van der Waals surface area contributed by atoms with Crippen LogP contribution in [0.25, 0.3) is 0 Å². The Balaban J connectivity index is 3.47. The number of halogens is 2. The standard InChI is InChI=1S/C13H23ClINSi/c1-9(2)17(10(3)4,11(5)6)16-8-12(15)7-13(16)14/h7-11H,1-6H3. The molecule has 0 radical (unpaired) electrons. The molecular weight excluding hydrogens is 361 g/mol. The first-order chi connectivity index (χ1) is 7.74. The van der Waals surface area contributed by atoms with Crippen molar-refractivity contribution in [3.63, 3.8) is 0 Å². The summed E-state index contributed by atoms with van der Waals surface area (Å²) in [6.45, 7) is 14.1. The van der Waals surface area contributed by atoms with E-state index in [0.29, 0.717) is 16.6 Å². The van der Waals surface area contributed by atoms with Crippen molar-refractivity contribution in [2.24, 2.45) is 0 Å². The van der Waals surface area contributed by atoms with Gasteiger partial charge in [0.05, 0.1) is 0 Å². The van der Waals surface area contributed by atoms with E-state index in [9.17, 15) is 0 Å². The molecule has 0 saturated heterocycles. The highest BCUT2D eigenvalue weighted by molar-refractivity contribution is 14.1. The van der Waals surface area contributed by atoms with E-state index in [1.54, 1.807) is 0 Å². The Hall–Kier alpha value is 0.517. The van der Waals surface area contributed by atoms with E-state index in [4.69, 9.17) is 11.6 Å². The average molecular weight is 384 g/mol. The van der Waals surface area contributed by atoms with Crippen LogP contribution in [0.3, 0.4) is 0 Å². The molecular formula is C13H23ClINSi. The lowest BCUT2D eigenvalue weighted by atomic mass is 10.5. The third kappa shape index (κ3) is 2.61. The van der Waals surface area contributed by atoms with Gasteiger partial charge in [-0.05, 0) is 45.3 Å². The highest BCUT2D eigenvalue weighted by atomic mass is 127. The summed E-state index contributed by atoms with van der Waals surface area (Å²) in [6.07, 6.45) is 2.25. The van der Waals surface area contributed by atoms with Crippen LogP contribution >= 0.6 is 34.2 Å². The number of hydrogen-bond acceptors (Lipinski definition) is 0. The third-order valence-electron chi connectivity index (χ3n) is 3.93. The summed E-state index contributed by atoms with van der Waals surface area (Å²) in [5.74, 6) is 0. The second-order valence-corrected chi connectivity index (χ2v) is 13.1. The van der Waals surface area contributed by atoms with Gasteiger partial charge >= 0.3 is 0 Å². The maximum atomic E-state index is 6.45. The van der Waals surface area contributed by atoms with Gasteiger partial charge in [-0.25, -0.2) is 0 Å². The van der Waals surface area contributed by atoms with Gasteiger partial charge in [-0.1, -0.05) is 53.1 Å². The summed E-state index contributed by atoms with van der Waals surface area (Å²) in [7, 11) is -1.65. The molecule has 1 nitrogen and oxygen atoms in total. The Labute approximate surface area is 125 Å². The topological polar surface area (TPSA) is 4.93 Å². The van der Waals surface area contributed by atoms with Crippen molar-refractivity contribution >= 4 is 42.4 Å². The molecule has 17 heavy (non-hydrogen) atoms. The molecule has 0 aliphatic carbocycles. The molecule has 0 atom stereocenters.